The smallest absolute Gasteiger partial charge is 0.00773 e. The van der Waals surface area contributed by atoms with Gasteiger partial charge in [0.1, 0.15) is 0 Å². The molecule has 0 radical (unpaired) electrons. The first-order valence-corrected chi connectivity index (χ1v) is 9.08. The molecule has 0 heterocycles. The van der Waals surface area contributed by atoms with Crippen molar-refractivity contribution in [2.75, 3.05) is 6.54 Å². The zero-order valence-electron chi connectivity index (χ0n) is 13.3. The molecule has 1 nitrogen and oxygen atoms in total. The molecule has 1 saturated carbocycles. The molecule has 0 aliphatic heterocycles. The van der Waals surface area contributed by atoms with Crippen molar-refractivity contribution in [1.82, 2.24) is 0 Å². The van der Waals surface area contributed by atoms with Gasteiger partial charge in [-0.25, -0.2) is 0 Å². The number of nitrogens with two attached hydrogens (primary N) is 1. The van der Waals surface area contributed by atoms with Crippen molar-refractivity contribution in [2.45, 2.75) is 96.8 Å². The van der Waals surface area contributed by atoms with Gasteiger partial charge >= 0.3 is 0 Å². The third kappa shape index (κ3) is 7.97. The Hall–Kier alpha value is -0.0400. The van der Waals surface area contributed by atoms with Crippen molar-refractivity contribution in [2.24, 2.45) is 17.6 Å². The Kier molecular flexibility index (Phi) is 10.5. The molecule has 0 saturated heterocycles. The molecule has 0 aromatic carbocycles. The topological polar surface area (TPSA) is 26.0 Å². The molecule has 0 aromatic heterocycles. The summed E-state index contributed by atoms with van der Waals surface area (Å²) < 4.78 is 0. The number of rotatable bonds is 11. The van der Waals surface area contributed by atoms with E-state index in [4.69, 9.17) is 5.73 Å². The van der Waals surface area contributed by atoms with E-state index in [2.05, 4.69) is 6.92 Å². The van der Waals surface area contributed by atoms with Crippen molar-refractivity contribution in [3.63, 3.8) is 0 Å². The lowest BCUT2D eigenvalue weighted by atomic mass is 9.75. The molecular formula is C18H37N. The van der Waals surface area contributed by atoms with E-state index in [-0.39, 0.29) is 0 Å². The highest BCUT2D eigenvalue weighted by Gasteiger charge is 2.22. The van der Waals surface area contributed by atoms with E-state index in [1.165, 1.54) is 89.9 Å². The van der Waals surface area contributed by atoms with Gasteiger partial charge in [-0.2, -0.15) is 0 Å². The van der Waals surface area contributed by atoms with E-state index >= 15 is 0 Å². The van der Waals surface area contributed by atoms with Crippen LogP contribution in [0.5, 0.6) is 0 Å². The van der Waals surface area contributed by atoms with E-state index in [9.17, 15) is 0 Å². The maximum atomic E-state index is 5.50. The minimum atomic E-state index is 0.875. The van der Waals surface area contributed by atoms with Crippen molar-refractivity contribution in [3.8, 4) is 0 Å². The standard InChI is InChI=1S/C18H37N/c1-2-17-13-10-11-15-18(17)14-9-7-5-3-4-6-8-12-16-19/h17-18H,2-16,19H2,1H3. The van der Waals surface area contributed by atoms with Gasteiger partial charge in [-0.1, -0.05) is 90.4 Å². The van der Waals surface area contributed by atoms with Gasteiger partial charge in [0.25, 0.3) is 0 Å². The van der Waals surface area contributed by atoms with E-state index in [1.807, 2.05) is 0 Å². The Labute approximate surface area is 121 Å². The minimum Gasteiger partial charge on any atom is -0.330 e. The molecule has 1 rings (SSSR count). The van der Waals surface area contributed by atoms with Crippen molar-refractivity contribution < 1.29 is 0 Å². The number of hydrogen-bond acceptors (Lipinski definition) is 1. The molecular weight excluding hydrogens is 230 g/mol. The van der Waals surface area contributed by atoms with Gasteiger partial charge < -0.3 is 5.73 Å². The second-order valence-electron chi connectivity index (χ2n) is 6.62. The summed E-state index contributed by atoms with van der Waals surface area (Å²) in [7, 11) is 0. The Balaban J connectivity index is 1.89. The summed E-state index contributed by atoms with van der Waals surface area (Å²) in [5.41, 5.74) is 5.50. The van der Waals surface area contributed by atoms with Crippen LogP contribution in [0.3, 0.4) is 0 Å². The highest BCUT2D eigenvalue weighted by molar-refractivity contribution is 4.74. The molecule has 0 aromatic rings. The fraction of sp³-hybridized carbons (Fsp3) is 1.00. The molecule has 1 aliphatic carbocycles. The molecule has 1 aliphatic rings. The van der Waals surface area contributed by atoms with Crippen LogP contribution in [0.25, 0.3) is 0 Å². The van der Waals surface area contributed by atoms with Crippen LogP contribution >= 0.6 is 0 Å². The van der Waals surface area contributed by atoms with Crippen LogP contribution in [0.1, 0.15) is 96.8 Å². The Morgan fingerprint density at radius 2 is 1.26 bits per heavy atom. The van der Waals surface area contributed by atoms with Crippen molar-refractivity contribution in [3.05, 3.63) is 0 Å². The quantitative estimate of drug-likeness (QED) is 0.479. The molecule has 1 fully saturated rings. The molecule has 2 N–H and O–H groups in total. The van der Waals surface area contributed by atoms with Gasteiger partial charge in [0, 0.05) is 0 Å². The summed E-state index contributed by atoms with van der Waals surface area (Å²) in [5.74, 6) is 2.13. The predicted octanol–water partition coefficient (Wildman–Crippen LogP) is 5.67. The molecule has 0 spiro atoms. The molecule has 0 amide bonds. The van der Waals surface area contributed by atoms with Crippen LogP contribution in [0, 0.1) is 11.8 Å². The second-order valence-corrected chi connectivity index (χ2v) is 6.62. The zero-order chi connectivity index (χ0) is 13.8. The zero-order valence-corrected chi connectivity index (χ0v) is 13.3. The van der Waals surface area contributed by atoms with Crippen LogP contribution in [0.4, 0.5) is 0 Å². The SMILES string of the molecule is CCC1CCCCC1CCCCCCCCCCN. The summed E-state index contributed by atoms with van der Waals surface area (Å²) in [4.78, 5) is 0. The molecule has 0 bridgehead atoms. The lowest BCUT2D eigenvalue weighted by Gasteiger charge is -2.30. The predicted molar refractivity (Wildman–Crippen MR) is 86.3 cm³/mol. The van der Waals surface area contributed by atoms with Crippen LogP contribution in [-0.4, -0.2) is 6.54 Å². The third-order valence-electron chi connectivity index (χ3n) is 5.12. The van der Waals surface area contributed by atoms with Gasteiger partial charge in [-0.05, 0) is 24.8 Å². The fourth-order valence-electron chi connectivity index (χ4n) is 3.81. The van der Waals surface area contributed by atoms with Gasteiger partial charge in [0.05, 0.1) is 0 Å². The van der Waals surface area contributed by atoms with E-state index in [0.29, 0.717) is 0 Å². The van der Waals surface area contributed by atoms with Gasteiger partial charge in [-0.15, -0.1) is 0 Å². The molecule has 1 heteroatoms. The summed E-state index contributed by atoms with van der Waals surface area (Å²) in [5, 5.41) is 0. The van der Waals surface area contributed by atoms with Gasteiger partial charge in [0.2, 0.25) is 0 Å². The number of unbranched alkanes of at least 4 members (excludes halogenated alkanes) is 7. The second kappa shape index (κ2) is 11.8. The number of hydrogen-bond donors (Lipinski definition) is 1. The minimum absolute atomic E-state index is 0.875. The lowest BCUT2D eigenvalue weighted by Crippen LogP contribution is -2.18. The van der Waals surface area contributed by atoms with Crippen molar-refractivity contribution >= 4 is 0 Å². The van der Waals surface area contributed by atoms with Crippen LogP contribution in [0.2, 0.25) is 0 Å². The highest BCUT2D eigenvalue weighted by Crippen LogP contribution is 2.35. The largest absolute Gasteiger partial charge is 0.330 e. The summed E-state index contributed by atoms with van der Waals surface area (Å²) >= 11 is 0. The average molecular weight is 268 g/mol. The first-order chi connectivity index (χ1) is 9.38. The van der Waals surface area contributed by atoms with Gasteiger partial charge in [-0.3, -0.25) is 0 Å². The highest BCUT2D eigenvalue weighted by atomic mass is 14.5. The van der Waals surface area contributed by atoms with E-state index < -0.39 is 0 Å². The maximum Gasteiger partial charge on any atom is -0.00773 e. The molecule has 2 atom stereocenters. The monoisotopic (exact) mass is 267 g/mol. The fourth-order valence-corrected chi connectivity index (χ4v) is 3.81. The molecule has 19 heavy (non-hydrogen) atoms. The Morgan fingerprint density at radius 3 is 1.84 bits per heavy atom. The Morgan fingerprint density at radius 1 is 0.737 bits per heavy atom. The van der Waals surface area contributed by atoms with Crippen LogP contribution in [0.15, 0.2) is 0 Å². The first kappa shape index (κ1) is 17.0. The van der Waals surface area contributed by atoms with E-state index in [0.717, 1.165) is 18.4 Å². The average Bonchev–Trinajstić information content (AvgIpc) is 2.46. The Bertz CT molecular complexity index is 190. The van der Waals surface area contributed by atoms with Crippen LogP contribution < -0.4 is 5.73 Å². The first-order valence-electron chi connectivity index (χ1n) is 9.08. The van der Waals surface area contributed by atoms with E-state index in [1.54, 1.807) is 0 Å². The third-order valence-corrected chi connectivity index (χ3v) is 5.12. The molecule has 2 unspecified atom stereocenters. The van der Waals surface area contributed by atoms with Crippen molar-refractivity contribution in [1.29, 1.82) is 0 Å². The molecule has 114 valence electrons. The maximum absolute atomic E-state index is 5.50. The normalized spacial score (nSPS) is 23.7. The summed E-state index contributed by atoms with van der Waals surface area (Å²) in [6.45, 7) is 3.27. The van der Waals surface area contributed by atoms with Gasteiger partial charge in [0.15, 0.2) is 0 Å². The summed E-state index contributed by atoms with van der Waals surface area (Å²) in [6, 6.07) is 0. The lowest BCUT2D eigenvalue weighted by molar-refractivity contribution is 0.212. The summed E-state index contributed by atoms with van der Waals surface area (Å²) in [6.07, 6.45) is 20.3. The van der Waals surface area contributed by atoms with Crippen LogP contribution in [-0.2, 0) is 0 Å².